The fourth-order valence-corrected chi connectivity index (χ4v) is 2.10. The lowest BCUT2D eigenvalue weighted by atomic mass is 9.99. The van der Waals surface area contributed by atoms with Crippen molar-refractivity contribution in [2.75, 3.05) is 0 Å². The predicted octanol–water partition coefficient (Wildman–Crippen LogP) is 2.17. The van der Waals surface area contributed by atoms with Crippen LogP contribution in [0.4, 0.5) is 0 Å². The fraction of sp³-hybridized carbons (Fsp3) is 0.667. The molecule has 3 heteroatoms. The average Bonchev–Trinajstić information content (AvgIpc) is 2.58. The molecular formula is C9H12N2S. The molecule has 0 aromatic carbocycles. The number of nitriles is 1. The van der Waals surface area contributed by atoms with Gasteiger partial charge < -0.3 is 0 Å². The third-order valence-electron chi connectivity index (χ3n) is 2.40. The highest BCUT2D eigenvalue weighted by Gasteiger charge is 2.25. The second-order valence-electron chi connectivity index (χ2n) is 3.14. The first-order valence-corrected chi connectivity index (χ1v) is 4.69. The molecule has 0 aliphatic heterocycles. The number of nitrogens with one attached hydrogen (secondary N) is 1. The fourth-order valence-electron chi connectivity index (χ4n) is 1.68. The van der Waals surface area contributed by atoms with Gasteiger partial charge in [-0.15, -0.1) is 0 Å². The van der Waals surface area contributed by atoms with Crippen molar-refractivity contribution < 1.29 is 0 Å². The molecule has 0 heterocycles. The van der Waals surface area contributed by atoms with E-state index in [1.54, 1.807) is 0 Å². The molecule has 0 saturated heterocycles. The standard InChI is InChI=1S/C9H12N2S/c10-5-8(6-11)9(12)7-3-1-2-4-7/h7,9-10,12H,1-4H2. The van der Waals surface area contributed by atoms with Crippen LogP contribution >= 0.6 is 12.6 Å². The van der Waals surface area contributed by atoms with Crippen molar-refractivity contribution >= 4 is 18.5 Å². The Balaban J connectivity index is 2.63. The minimum Gasteiger partial charge on any atom is -0.258 e. The highest BCUT2D eigenvalue weighted by atomic mass is 32.1. The van der Waals surface area contributed by atoms with Crippen LogP contribution in [-0.4, -0.2) is 11.1 Å². The van der Waals surface area contributed by atoms with Crippen LogP contribution in [-0.2, 0) is 0 Å². The summed E-state index contributed by atoms with van der Waals surface area (Å²) in [4.78, 5) is 0. The Labute approximate surface area is 78.2 Å². The van der Waals surface area contributed by atoms with E-state index in [1.807, 2.05) is 6.07 Å². The minimum absolute atomic E-state index is 0.0602. The van der Waals surface area contributed by atoms with Gasteiger partial charge in [0, 0.05) is 5.25 Å². The highest BCUT2D eigenvalue weighted by Crippen LogP contribution is 2.32. The molecule has 0 amide bonds. The highest BCUT2D eigenvalue weighted by molar-refractivity contribution is 7.81. The minimum atomic E-state index is -0.0602. The molecule has 12 heavy (non-hydrogen) atoms. The van der Waals surface area contributed by atoms with Crippen molar-refractivity contribution in [2.45, 2.75) is 30.9 Å². The lowest BCUT2D eigenvalue weighted by molar-refractivity contribution is 0.566. The Morgan fingerprint density at radius 2 is 2.08 bits per heavy atom. The second-order valence-corrected chi connectivity index (χ2v) is 3.70. The van der Waals surface area contributed by atoms with Crippen LogP contribution < -0.4 is 0 Å². The summed E-state index contributed by atoms with van der Waals surface area (Å²) in [6, 6.07) is 1.97. The van der Waals surface area contributed by atoms with E-state index in [2.05, 4.69) is 18.5 Å². The van der Waals surface area contributed by atoms with Gasteiger partial charge in [0.1, 0.15) is 11.6 Å². The van der Waals surface area contributed by atoms with Crippen molar-refractivity contribution in [1.29, 1.82) is 10.7 Å². The molecule has 0 spiro atoms. The predicted molar refractivity (Wildman–Crippen MR) is 51.6 cm³/mol. The SMILES string of the molecule is N#CC(=C=N)C(S)C1CCCC1. The third kappa shape index (κ3) is 1.91. The zero-order valence-corrected chi connectivity index (χ0v) is 7.77. The van der Waals surface area contributed by atoms with E-state index in [0.29, 0.717) is 11.5 Å². The largest absolute Gasteiger partial charge is 0.258 e. The van der Waals surface area contributed by atoms with Crippen molar-refractivity contribution in [3.05, 3.63) is 5.57 Å². The molecule has 0 radical (unpaired) electrons. The summed E-state index contributed by atoms with van der Waals surface area (Å²) in [5, 5.41) is 15.5. The van der Waals surface area contributed by atoms with Gasteiger partial charge in [-0.1, -0.05) is 12.8 Å². The van der Waals surface area contributed by atoms with Gasteiger partial charge in [0.2, 0.25) is 0 Å². The lowest BCUT2D eigenvalue weighted by Crippen LogP contribution is -2.13. The van der Waals surface area contributed by atoms with Crippen LogP contribution in [0.15, 0.2) is 5.57 Å². The van der Waals surface area contributed by atoms with Crippen molar-refractivity contribution in [3.63, 3.8) is 0 Å². The molecule has 1 aliphatic rings. The first-order valence-electron chi connectivity index (χ1n) is 4.17. The molecule has 1 rings (SSSR count). The Morgan fingerprint density at radius 1 is 1.50 bits per heavy atom. The smallest absolute Gasteiger partial charge is 0.106 e. The monoisotopic (exact) mass is 180 g/mol. The van der Waals surface area contributed by atoms with Gasteiger partial charge in [-0.3, -0.25) is 5.41 Å². The first-order chi connectivity index (χ1) is 5.79. The molecule has 1 atom stereocenters. The molecule has 2 nitrogen and oxygen atoms in total. The topological polar surface area (TPSA) is 47.6 Å². The number of hydrogen-bond donors (Lipinski definition) is 2. The number of hydrogen-bond acceptors (Lipinski definition) is 3. The third-order valence-corrected chi connectivity index (χ3v) is 3.08. The maximum absolute atomic E-state index is 8.64. The molecule has 1 aliphatic carbocycles. The summed E-state index contributed by atoms with van der Waals surface area (Å²) in [6.07, 6.45) is 4.75. The Hall–Kier alpha value is -0.710. The molecule has 1 N–H and O–H groups in total. The van der Waals surface area contributed by atoms with E-state index in [4.69, 9.17) is 10.7 Å². The van der Waals surface area contributed by atoms with Crippen molar-refractivity contribution in [1.82, 2.24) is 0 Å². The molecule has 0 aromatic rings. The molecular weight excluding hydrogens is 168 g/mol. The zero-order valence-electron chi connectivity index (χ0n) is 6.88. The van der Waals surface area contributed by atoms with Crippen molar-refractivity contribution in [3.8, 4) is 6.07 Å². The van der Waals surface area contributed by atoms with E-state index in [9.17, 15) is 0 Å². The number of nitrogens with zero attached hydrogens (tertiary/aromatic N) is 1. The van der Waals surface area contributed by atoms with Gasteiger partial charge in [0.25, 0.3) is 0 Å². The maximum Gasteiger partial charge on any atom is 0.106 e. The van der Waals surface area contributed by atoms with Gasteiger partial charge in [-0.05, 0) is 24.6 Å². The summed E-state index contributed by atoms with van der Waals surface area (Å²) in [5.74, 6) is 2.64. The molecule has 0 aromatic heterocycles. The average molecular weight is 180 g/mol. The van der Waals surface area contributed by atoms with Crippen LogP contribution in [0.5, 0.6) is 0 Å². The molecule has 1 fully saturated rings. The van der Waals surface area contributed by atoms with Crippen LogP contribution in [0.25, 0.3) is 0 Å². The Morgan fingerprint density at radius 3 is 2.50 bits per heavy atom. The summed E-state index contributed by atoms with van der Waals surface area (Å²) in [6.45, 7) is 0. The number of thiol groups is 1. The summed E-state index contributed by atoms with van der Waals surface area (Å²) >= 11 is 4.34. The quantitative estimate of drug-likeness (QED) is 0.382. The van der Waals surface area contributed by atoms with Gasteiger partial charge >= 0.3 is 0 Å². The van der Waals surface area contributed by atoms with E-state index in [1.165, 1.54) is 12.8 Å². The Bertz CT molecular complexity index is 242. The van der Waals surface area contributed by atoms with Gasteiger partial charge in [-0.25, -0.2) is 0 Å². The zero-order chi connectivity index (χ0) is 8.97. The number of rotatable bonds is 2. The van der Waals surface area contributed by atoms with Crippen LogP contribution in [0.2, 0.25) is 0 Å². The Kier molecular flexibility index (Phi) is 3.40. The molecule has 1 saturated carbocycles. The van der Waals surface area contributed by atoms with Crippen LogP contribution in [0.3, 0.4) is 0 Å². The molecule has 1 unspecified atom stereocenters. The van der Waals surface area contributed by atoms with E-state index in [0.717, 1.165) is 12.8 Å². The van der Waals surface area contributed by atoms with Gasteiger partial charge in [0.05, 0.1) is 0 Å². The van der Waals surface area contributed by atoms with Gasteiger partial charge in [0.15, 0.2) is 0 Å². The van der Waals surface area contributed by atoms with E-state index < -0.39 is 0 Å². The summed E-state index contributed by atoms with van der Waals surface area (Å²) in [5.41, 5.74) is 0.380. The second kappa shape index (κ2) is 4.35. The lowest BCUT2D eigenvalue weighted by Gasteiger charge is -2.14. The molecule has 0 bridgehead atoms. The normalized spacial score (nSPS) is 19.7. The summed E-state index contributed by atoms with van der Waals surface area (Å²) < 4.78 is 0. The van der Waals surface area contributed by atoms with Gasteiger partial charge in [-0.2, -0.15) is 17.9 Å². The summed E-state index contributed by atoms with van der Waals surface area (Å²) in [7, 11) is 0. The van der Waals surface area contributed by atoms with Crippen LogP contribution in [0, 0.1) is 22.7 Å². The first kappa shape index (κ1) is 9.38. The molecule has 64 valence electrons. The van der Waals surface area contributed by atoms with Crippen LogP contribution in [0.1, 0.15) is 25.7 Å². The maximum atomic E-state index is 8.64. The van der Waals surface area contributed by atoms with E-state index in [-0.39, 0.29) is 5.25 Å². The van der Waals surface area contributed by atoms with Crippen molar-refractivity contribution in [2.24, 2.45) is 5.92 Å². The van der Waals surface area contributed by atoms with E-state index >= 15 is 0 Å².